The van der Waals surface area contributed by atoms with Crippen LogP contribution < -0.4 is 5.73 Å². The highest BCUT2D eigenvalue weighted by molar-refractivity contribution is 7.18. The molecule has 1 saturated carbocycles. The molecule has 90 valence electrons. The standard InChI is InChI=1S/C13H11N3OS/c14-12-9(6-15-17-12)8-2-1-3-10-11(8)16-13(18-10)7-4-5-7/h1-3,6-7H,4-5,14H2. The highest BCUT2D eigenvalue weighted by Crippen LogP contribution is 2.44. The van der Waals surface area contributed by atoms with Crippen LogP contribution in [0.1, 0.15) is 23.8 Å². The molecule has 0 amide bonds. The van der Waals surface area contributed by atoms with Crippen LogP contribution in [0.5, 0.6) is 0 Å². The molecule has 1 fully saturated rings. The minimum absolute atomic E-state index is 0.350. The van der Waals surface area contributed by atoms with Gasteiger partial charge in [-0.1, -0.05) is 17.3 Å². The van der Waals surface area contributed by atoms with E-state index in [1.54, 1.807) is 17.5 Å². The molecule has 4 nitrogen and oxygen atoms in total. The van der Waals surface area contributed by atoms with Crippen LogP contribution in [0.3, 0.4) is 0 Å². The summed E-state index contributed by atoms with van der Waals surface area (Å²) in [6, 6.07) is 6.15. The van der Waals surface area contributed by atoms with E-state index in [2.05, 4.69) is 11.2 Å². The van der Waals surface area contributed by atoms with E-state index in [-0.39, 0.29) is 0 Å². The van der Waals surface area contributed by atoms with Gasteiger partial charge in [0.25, 0.3) is 0 Å². The Morgan fingerprint density at radius 1 is 1.28 bits per heavy atom. The molecular formula is C13H11N3OS. The maximum absolute atomic E-state index is 5.79. The second kappa shape index (κ2) is 3.55. The van der Waals surface area contributed by atoms with Gasteiger partial charge in [-0.2, -0.15) is 0 Å². The van der Waals surface area contributed by atoms with Gasteiger partial charge in [-0.05, 0) is 18.9 Å². The molecule has 5 heteroatoms. The average Bonchev–Trinajstić information content (AvgIpc) is 2.99. The Labute approximate surface area is 107 Å². The number of thiazole rings is 1. The fourth-order valence-corrected chi connectivity index (χ4v) is 3.30. The molecular weight excluding hydrogens is 246 g/mol. The number of para-hydroxylation sites is 1. The van der Waals surface area contributed by atoms with Crippen molar-refractivity contribution in [3.63, 3.8) is 0 Å². The lowest BCUT2D eigenvalue weighted by atomic mass is 10.1. The van der Waals surface area contributed by atoms with Crippen molar-refractivity contribution in [2.75, 3.05) is 5.73 Å². The molecule has 1 aliphatic carbocycles. The Kier molecular flexibility index (Phi) is 1.99. The van der Waals surface area contributed by atoms with Gasteiger partial charge >= 0.3 is 0 Å². The Hall–Kier alpha value is -1.88. The molecule has 0 aliphatic heterocycles. The number of aromatic nitrogens is 2. The van der Waals surface area contributed by atoms with Crippen molar-refractivity contribution in [1.29, 1.82) is 0 Å². The smallest absolute Gasteiger partial charge is 0.230 e. The van der Waals surface area contributed by atoms with Crippen molar-refractivity contribution < 1.29 is 4.52 Å². The molecule has 0 spiro atoms. The fourth-order valence-electron chi connectivity index (χ4n) is 2.14. The summed E-state index contributed by atoms with van der Waals surface area (Å²) in [4.78, 5) is 4.77. The molecule has 18 heavy (non-hydrogen) atoms. The zero-order valence-electron chi connectivity index (χ0n) is 9.59. The Bertz CT molecular complexity index is 727. The quantitative estimate of drug-likeness (QED) is 0.764. The molecule has 4 rings (SSSR count). The minimum Gasteiger partial charge on any atom is -0.367 e. The lowest BCUT2D eigenvalue weighted by molar-refractivity contribution is 0.436. The predicted molar refractivity (Wildman–Crippen MR) is 71.5 cm³/mol. The normalized spacial score (nSPS) is 15.3. The third-order valence-electron chi connectivity index (χ3n) is 3.25. The summed E-state index contributed by atoms with van der Waals surface area (Å²) in [6.07, 6.45) is 4.19. The first-order valence-corrected chi connectivity index (χ1v) is 6.74. The number of anilines is 1. The summed E-state index contributed by atoms with van der Waals surface area (Å²) in [6.45, 7) is 0. The molecule has 1 aliphatic rings. The molecule has 0 saturated heterocycles. The van der Waals surface area contributed by atoms with E-state index in [1.165, 1.54) is 22.5 Å². The van der Waals surface area contributed by atoms with E-state index in [0.29, 0.717) is 11.8 Å². The number of rotatable bonds is 2. The van der Waals surface area contributed by atoms with E-state index in [4.69, 9.17) is 15.2 Å². The summed E-state index contributed by atoms with van der Waals surface area (Å²) >= 11 is 1.78. The van der Waals surface area contributed by atoms with Gasteiger partial charge < -0.3 is 10.3 Å². The summed E-state index contributed by atoms with van der Waals surface area (Å²) in [5, 5.41) is 4.98. The Morgan fingerprint density at radius 2 is 2.17 bits per heavy atom. The second-order valence-electron chi connectivity index (χ2n) is 4.58. The van der Waals surface area contributed by atoms with Crippen LogP contribution in [0.15, 0.2) is 28.9 Å². The van der Waals surface area contributed by atoms with Crippen LogP contribution in [0.25, 0.3) is 21.3 Å². The second-order valence-corrected chi connectivity index (χ2v) is 5.64. The number of nitrogens with two attached hydrogens (primary N) is 1. The first kappa shape index (κ1) is 10.1. The SMILES string of the molecule is Nc1oncc1-c1cccc2sc(C3CC3)nc12. The number of nitrogens with zero attached hydrogens (tertiary/aromatic N) is 2. The molecule has 1 aromatic carbocycles. The number of hydrogen-bond donors (Lipinski definition) is 1. The van der Waals surface area contributed by atoms with Crippen molar-refractivity contribution in [2.24, 2.45) is 0 Å². The average molecular weight is 257 g/mol. The van der Waals surface area contributed by atoms with Crippen LogP contribution in [-0.4, -0.2) is 10.1 Å². The largest absolute Gasteiger partial charge is 0.367 e. The van der Waals surface area contributed by atoms with Crippen molar-refractivity contribution in [1.82, 2.24) is 10.1 Å². The van der Waals surface area contributed by atoms with Crippen LogP contribution in [0, 0.1) is 0 Å². The van der Waals surface area contributed by atoms with Gasteiger partial charge in [0, 0.05) is 11.5 Å². The third kappa shape index (κ3) is 1.44. The van der Waals surface area contributed by atoms with E-state index >= 15 is 0 Å². The zero-order chi connectivity index (χ0) is 12.1. The van der Waals surface area contributed by atoms with Crippen LogP contribution in [0.4, 0.5) is 5.88 Å². The van der Waals surface area contributed by atoms with Crippen LogP contribution in [0.2, 0.25) is 0 Å². The summed E-state index contributed by atoms with van der Waals surface area (Å²) < 4.78 is 6.14. The van der Waals surface area contributed by atoms with Crippen molar-refractivity contribution in [2.45, 2.75) is 18.8 Å². The minimum atomic E-state index is 0.350. The first-order valence-electron chi connectivity index (χ1n) is 5.93. The van der Waals surface area contributed by atoms with Gasteiger partial charge in [0.15, 0.2) is 0 Å². The lowest BCUT2D eigenvalue weighted by Gasteiger charge is -1.98. The van der Waals surface area contributed by atoms with Gasteiger partial charge in [0.05, 0.1) is 27.0 Å². The number of hydrogen-bond acceptors (Lipinski definition) is 5. The number of benzene rings is 1. The Morgan fingerprint density at radius 3 is 2.89 bits per heavy atom. The maximum atomic E-state index is 5.79. The molecule has 2 heterocycles. The van der Waals surface area contributed by atoms with Crippen molar-refractivity contribution in [3.05, 3.63) is 29.4 Å². The molecule has 3 aromatic rings. The molecule has 2 aromatic heterocycles. The molecule has 0 bridgehead atoms. The van der Waals surface area contributed by atoms with Gasteiger partial charge in [-0.25, -0.2) is 4.98 Å². The molecule has 0 atom stereocenters. The van der Waals surface area contributed by atoms with E-state index in [9.17, 15) is 0 Å². The van der Waals surface area contributed by atoms with Crippen molar-refractivity contribution in [3.8, 4) is 11.1 Å². The van der Waals surface area contributed by atoms with Crippen LogP contribution >= 0.6 is 11.3 Å². The molecule has 0 radical (unpaired) electrons. The molecule has 0 unspecified atom stereocenters. The topological polar surface area (TPSA) is 64.9 Å². The van der Waals surface area contributed by atoms with Gasteiger partial charge in [0.2, 0.25) is 5.88 Å². The molecule has 2 N–H and O–H groups in total. The maximum Gasteiger partial charge on any atom is 0.230 e. The lowest BCUT2D eigenvalue weighted by Crippen LogP contribution is -1.86. The first-order chi connectivity index (χ1) is 8.83. The van der Waals surface area contributed by atoms with Crippen molar-refractivity contribution >= 4 is 27.4 Å². The monoisotopic (exact) mass is 257 g/mol. The summed E-state index contributed by atoms with van der Waals surface area (Å²) in [7, 11) is 0. The van der Waals surface area contributed by atoms with E-state index < -0.39 is 0 Å². The Balaban J connectivity index is 1.97. The predicted octanol–water partition coefficient (Wildman–Crippen LogP) is 3.41. The van der Waals surface area contributed by atoms with Gasteiger partial charge in [0.1, 0.15) is 0 Å². The summed E-state index contributed by atoms with van der Waals surface area (Å²) in [5.41, 5.74) is 8.64. The van der Waals surface area contributed by atoms with E-state index in [1.807, 2.05) is 12.1 Å². The summed E-state index contributed by atoms with van der Waals surface area (Å²) in [5.74, 6) is 1.03. The van der Waals surface area contributed by atoms with E-state index in [0.717, 1.165) is 16.6 Å². The number of nitrogen functional groups attached to an aromatic ring is 1. The highest BCUT2D eigenvalue weighted by Gasteiger charge is 2.27. The van der Waals surface area contributed by atoms with Gasteiger partial charge in [-0.3, -0.25) is 0 Å². The number of fused-ring (bicyclic) bond motifs is 1. The zero-order valence-corrected chi connectivity index (χ0v) is 10.4. The third-order valence-corrected chi connectivity index (χ3v) is 4.43. The van der Waals surface area contributed by atoms with Crippen LogP contribution in [-0.2, 0) is 0 Å². The fraction of sp³-hybridized carbons (Fsp3) is 0.231. The van der Waals surface area contributed by atoms with Gasteiger partial charge in [-0.15, -0.1) is 11.3 Å². The highest BCUT2D eigenvalue weighted by atomic mass is 32.1.